The van der Waals surface area contributed by atoms with Crippen LogP contribution in [0.1, 0.15) is 33.1 Å². The van der Waals surface area contributed by atoms with E-state index in [0.29, 0.717) is 6.04 Å². The highest BCUT2D eigenvalue weighted by molar-refractivity contribution is 5.73. The molecule has 0 aromatic heterocycles. The van der Waals surface area contributed by atoms with Crippen LogP contribution in [0.4, 0.5) is 4.79 Å². The first kappa shape index (κ1) is 13.3. The lowest BCUT2D eigenvalue weighted by Gasteiger charge is -2.32. The van der Waals surface area contributed by atoms with Crippen LogP contribution in [-0.2, 0) is 0 Å². The van der Waals surface area contributed by atoms with E-state index in [1.54, 1.807) is 7.05 Å². The van der Waals surface area contributed by atoms with Crippen LogP contribution in [0.15, 0.2) is 0 Å². The molecule has 1 aliphatic rings. The Labute approximate surface area is 98.8 Å². The van der Waals surface area contributed by atoms with E-state index in [-0.39, 0.29) is 6.03 Å². The Morgan fingerprint density at radius 2 is 2.00 bits per heavy atom. The standard InChI is InChI=1S/C12H25N3O/c1-10(2)4-7-15-8-5-11(6-9-15)14-12(16)13-3/h10-11H,4-9H2,1-3H3,(H2,13,14,16). The average Bonchev–Trinajstić information content (AvgIpc) is 2.28. The smallest absolute Gasteiger partial charge is 0.314 e. The van der Waals surface area contributed by atoms with Crippen molar-refractivity contribution in [2.75, 3.05) is 26.7 Å². The maximum atomic E-state index is 11.1. The van der Waals surface area contributed by atoms with Gasteiger partial charge in [-0.3, -0.25) is 0 Å². The van der Waals surface area contributed by atoms with E-state index in [4.69, 9.17) is 0 Å². The first-order chi connectivity index (χ1) is 7.61. The minimum atomic E-state index is -0.0550. The van der Waals surface area contributed by atoms with Crippen LogP contribution in [0, 0.1) is 5.92 Å². The summed E-state index contributed by atoms with van der Waals surface area (Å²) in [5.41, 5.74) is 0. The van der Waals surface area contributed by atoms with Crippen LogP contribution < -0.4 is 10.6 Å². The third kappa shape index (κ3) is 4.84. The summed E-state index contributed by atoms with van der Waals surface area (Å²) in [4.78, 5) is 13.6. The molecular weight excluding hydrogens is 202 g/mol. The summed E-state index contributed by atoms with van der Waals surface area (Å²) in [5, 5.41) is 5.58. The van der Waals surface area contributed by atoms with Crippen LogP contribution in [-0.4, -0.2) is 43.7 Å². The van der Waals surface area contributed by atoms with Crippen molar-refractivity contribution in [1.29, 1.82) is 0 Å². The minimum absolute atomic E-state index is 0.0550. The van der Waals surface area contributed by atoms with Gasteiger partial charge in [-0.25, -0.2) is 4.79 Å². The lowest BCUT2D eigenvalue weighted by Crippen LogP contribution is -2.47. The van der Waals surface area contributed by atoms with E-state index in [1.807, 2.05) is 0 Å². The fourth-order valence-corrected chi connectivity index (χ4v) is 2.00. The third-order valence-electron chi connectivity index (χ3n) is 3.17. The molecular formula is C12H25N3O. The van der Waals surface area contributed by atoms with Crippen molar-refractivity contribution in [3.05, 3.63) is 0 Å². The molecule has 1 fully saturated rings. The molecule has 0 aromatic carbocycles. The zero-order chi connectivity index (χ0) is 12.0. The van der Waals surface area contributed by atoms with Gasteiger partial charge in [0.25, 0.3) is 0 Å². The zero-order valence-electron chi connectivity index (χ0n) is 10.8. The van der Waals surface area contributed by atoms with Gasteiger partial charge in [0.05, 0.1) is 0 Å². The maximum Gasteiger partial charge on any atom is 0.314 e. The predicted octanol–water partition coefficient (Wildman–Crippen LogP) is 1.43. The molecule has 1 aliphatic heterocycles. The van der Waals surface area contributed by atoms with E-state index in [2.05, 4.69) is 29.4 Å². The van der Waals surface area contributed by atoms with E-state index >= 15 is 0 Å². The fourth-order valence-electron chi connectivity index (χ4n) is 2.00. The zero-order valence-corrected chi connectivity index (χ0v) is 10.8. The van der Waals surface area contributed by atoms with Crippen molar-refractivity contribution in [2.45, 2.75) is 39.2 Å². The van der Waals surface area contributed by atoms with Gasteiger partial charge in [-0.1, -0.05) is 13.8 Å². The Bertz CT molecular complexity index is 210. The number of hydrogen-bond acceptors (Lipinski definition) is 2. The number of nitrogens with one attached hydrogen (secondary N) is 2. The Hall–Kier alpha value is -0.770. The summed E-state index contributed by atoms with van der Waals surface area (Å²) in [7, 11) is 1.66. The van der Waals surface area contributed by atoms with Gasteiger partial charge in [-0.2, -0.15) is 0 Å². The Kier molecular flexibility index (Phi) is 5.60. The highest BCUT2D eigenvalue weighted by Gasteiger charge is 2.19. The van der Waals surface area contributed by atoms with Crippen LogP contribution in [0.3, 0.4) is 0 Å². The third-order valence-corrected chi connectivity index (χ3v) is 3.17. The molecule has 1 rings (SSSR count). The molecule has 0 aliphatic carbocycles. The number of nitrogens with zero attached hydrogens (tertiary/aromatic N) is 1. The molecule has 4 heteroatoms. The van der Waals surface area contributed by atoms with Gasteiger partial charge < -0.3 is 15.5 Å². The molecule has 1 heterocycles. The van der Waals surface area contributed by atoms with E-state index in [1.165, 1.54) is 13.0 Å². The molecule has 4 nitrogen and oxygen atoms in total. The molecule has 0 bridgehead atoms. The molecule has 1 saturated heterocycles. The first-order valence-electron chi connectivity index (χ1n) is 6.32. The SMILES string of the molecule is CNC(=O)NC1CCN(CCC(C)C)CC1. The molecule has 0 spiro atoms. The van der Waals surface area contributed by atoms with Gasteiger partial charge in [-0.05, 0) is 31.7 Å². The van der Waals surface area contributed by atoms with Crippen LogP contribution in [0.5, 0.6) is 0 Å². The van der Waals surface area contributed by atoms with Gasteiger partial charge in [0.1, 0.15) is 0 Å². The molecule has 0 aromatic rings. The highest BCUT2D eigenvalue weighted by atomic mass is 16.2. The number of likely N-dealkylation sites (tertiary alicyclic amines) is 1. The molecule has 0 radical (unpaired) electrons. The maximum absolute atomic E-state index is 11.1. The first-order valence-corrected chi connectivity index (χ1v) is 6.32. The molecule has 0 saturated carbocycles. The van der Waals surface area contributed by atoms with Gasteiger partial charge >= 0.3 is 6.03 Å². The highest BCUT2D eigenvalue weighted by Crippen LogP contribution is 2.12. The van der Waals surface area contributed by atoms with Crippen molar-refractivity contribution < 1.29 is 4.79 Å². The molecule has 94 valence electrons. The number of carbonyl (C=O) groups is 1. The Morgan fingerprint density at radius 1 is 1.38 bits per heavy atom. The number of hydrogen-bond donors (Lipinski definition) is 2. The quantitative estimate of drug-likeness (QED) is 0.763. The van der Waals surface area contributed by atoms with E-state index in [9.17, 15) is 4.79 Å². The molecule has 0 atom stereocenters. The Morgan fingerprint density at radius 3 is 2.50 bits per heavy atom. The van der Waals surface area contributed by atoms with E-state index in [0.717, 1.165) is 31.8 Å². The summed E-state index contributed by atoms with van der Waals surface area (Å²) in [6, 6.07) is 0.302. The van der Waals surface area contributed by atoms with Gasteiger partial charge in [0.15, 0.2) is 0 Å². The normalized spacial score (nSPS) is 18.8. The van der Waals surface area contributed by atoms with Crippen molar-refractivity contribution in [1.82, 2.24) is 15.5 Å². The van der Waals surface area contributed by atoms with Crippen LogP contribution in [0.2, 0.25) is 0 Å². The summed E-state index contributed by atoms with van der Waals surface area (Å²) in [6.45, 7) is 7.95. The number of urea groups is 1. The predicted molar refractivity (Wildman–Crippen MR) is 66.5 cm³/mol. The van der Waals surface area contributed by atoms with Crippen LogP contribution in [0.25, 0.3) is 0 Å². The largest absolute Gasteiger partial charge is 0.341 e. The second kappa shape index (κ2) is 6.74. The van der Waals surface area contributed by atoms with Gasteiger partial charge in [0.2, 0.25) is 0 Å². The molecule has 2 N–H and O–H groups in total. The molecule has 0 unspecified atom stereocenters. The van der Waals surface area contributed by atoms with Crippen molar-refractivity contribution in [3.8, 4) is 0 Å². The number of amides is 2. The monoisotopic (exact) mass is 227 g/mol. The number of carbonyl (C=O) groups excluding carboxylic acids is 1. The van der Waals surface area contributed by atoms with E-state index < -0.39 is 0 Å². The fraction of sp³-hybridized carbons (Fsp3) is 0.917. The summed E-state index contributed by atoms with van der Waals surface area (Å²) in [6.07, 6.45) is 3.42. The second-order valence-corrected chi connectivity index (χ2v) is 5.02. The van der Waals surface area contributed by atoms with Crippen LogP contribution >= 0.6 is 0 Å². The van der Waals surface area contributed by atoms with Gasteiger partial charge in [0, 0.05) is 26.2 Å². The van der Waals surface area contributed by atoms with Crippen molar-refractivity contribution in [2.24, 2.45) is 5.92 Å². The summed E-state index contributed by atoms with van der Waals surface area (Å²) >= 11 is 0. The lowest BCUT2D eigenvalue weighted by molar-refractivity contribution is 0.186. The average molecular weight is 227 g/mol. The van der Waals surface area contributed by atoms with Crippen molar-refractivity contribution in [3.63, 3.8) is 0 Å². The second-order valence-electron chi connectivity index (χ2n) is 5.02. The molecule has 2 amide bonds. The Balaban J connectivity index is 2.16. The summed E-state index contributed by atoms with van der Waals surface area (Å²) in [5.74, 6) is 0.779. The number of rotatable bonds is 4. The lowest BCUT2D eigenvalue weighted by atomic mass is 10.0. The number of piperidine rings is 1. The van der Waals surface area contributed by atoms with Gasteiger partial charge in [-0.15, -0.1) is 0 Å². The summed E-state index contributed by atoms with van der Waals surface area (Å²) < 4.78 is 0. The van der Waals surface area contributed by atoms with Crippen molar-refractivity contribution >= 4 is 6.03 Å². The minimum Gasteiger partial charge on any atom is -0.341 e. The molecule has 16 heavy (non-hydrogen) atoms. The topological polar surface area (TPSA) is 44.4 Å².